The Labute approximate surface area is 111 Å². The first-order valence-electron chi connectivity index (χ1n) is 5.22. The van der Waals surface area contributed by atoms with Gasteiger partial charge in [-0.2, -0.15) is 0 Å². The van der Waals surface area contributed by atoms with Crippen molar-refractivity contribution in [2.45, 2.75) is 28.5 Å². The molecule has 82 valence electrons. The molecule has 0 N–H and O–H groups in total. The van der Waals surface area contributed by atoms with Crippen LogP contribution in [0.1, 0.15) is 17.5 Å². The summed E-state index contributed by atoms with van der Waals surface area (Å²) in [4.78, 5) is 5.71. The molecule has 0 amide bonds. The van der Waals surface area contributed by atoms with Crippen LogP contribution in [0.15, 0.2) is 37.4 Å². The fourth-order valence-electron chi connectivity index (χ4n) is 2.00. The van der Waals surface area contributed by atoms with Crippen molar-refractivity contribution in [2.24, 2.45) is 0 Å². The number of benzene rings is 1. The van der Waals surface area contributed by atoms with E-state index in [1.165, 1.54) is 35.3 Å². The molecule has 2 aromatic rings. The van der Waals surface area contributed by atoms with Gasteiger partial charge in [-0.1, -0.05) is 17.8 Å². The highest BCUT2D eigenvalue weighted by molar-refractivity contribution is 9.10. The second kappa shape index (κ2) is 4.51. The summed E-state index contributed by atoms with van der Waals surface area (Å²) in [7, 11) is 0. The summed E-state index contributed by atoms with van der Waals surface area (Å²) in [6.45, 7) is 0. The average Bonchev–Trinajstić information content (AvgIpc) is 2.87. The van der Waals surface area contributed by atoms with E-state index in [0.717, 1.165) is 8.94 Å². The van der Waals surface area contributed by atoms with Gasteiger partial charge in [-0.05, 0) is 58.5 Å². The van der Waals surface area contributed by atoms with E-state index in [2.05, 4.69) is 39.1 Å². The smallest absolute Gasteiger partial charge is 0.155 e. The summed E-state index contributed by atoms with van der Waals surface area (Å²) in [5.74, 6) is 0. The van der Waals surface area contributed by atoms with Crippen molar-refractivity contribution in [3.05, 3.63) is 39.3 Å². The third-order valence-corrected chi connectivity index (χ3v) is 5.37. The molecule has 1 aromatic heterocycles. The molecular weight excluding hydrogens is 302 g/mol. The summed E-state index contributed by atoms with van der Waals surface area (Å²) in [6, 6.07) is 6.81. The molecular formula is C12H10BrNS2. The van der Waals surface area contributed by atoms with Crippen molar-refractivity contribution in [3.8, 4) is 0 Å². The zero-order valence-electron chi connectivity index (χ0n) is 8.57. The monoisotopic (exact) mass is 311 g/mol. The van der Waals surface area contributed by atoms with Crippen molar-refractivity contribution in [1.82, 2.24) is 4.98 Å². The number of nitrogens with zero attached hydrogens (tertiary/aromatic N) is 1. The Kier molecular flexibility index (Phi) is 3.05. The Hall–Kier alpha value is -0.320. The molecule has 0 saturated heterocycles. The molecule has 1 aliphatic rings. The van der Waals surface area contributed by atoms with E-state index >= 15 is 0 Å². The van der Waals surface area contributed by atoms with Gasteiger partial charge in [0.25, 0.3) is 0 Å². The van der Waals surface area contributed by atoms with Gasteiger partial charge in [0.1, 0.15) is 4.60 Å². The minimum absolute atomic E-state index is 0.932. The normalized spacial score (nSPS) is 14.1. The van der Waals surface area contributed by atoms with E-state index in [0.29, 0.717) is 0 Å². The number of aryl methyl sites for hydroxylation is 2. The van der Waals surface area contributed by atoms with Gasteiger partial charge in [0, 0.05) is 10.3 Å². The Balaban J connectivity index is 1.85. The van der Waals surface area contributed by atoms with E-state index < -0.39 is 0 Å². The van der Waals surface area contributed by atoms with Gasteiger partial charge in [-0.3, -0.25) is 0 Å². The number of hydrogen-bond donors (Lipinski definition) is 0. The topological polar surface area (TPSA) is 12.9 Å². The largest absolute Gasteiger partial charge is 0.222 e. The van der Waals surface area contributed by atoms with Crippen LogP contribution in [0.4, 0.5) is 0 Å². The molecule has 0 fully saturated rings. The van der Waals surface area contributed by atoms with E-state index in [-0.39, 0.29) is 0 Å². The number of rotatable bonds is 2. The first kappa shape index (κ1) is 10.8. The summed E-state index contributed by atoms with van der Waals surface area (Å²) in [5.41, 5.74) is 3.06. The minimum atomic E-state index is 0.932. The maximum absolute atomic E-state index is 4.40. The Morgan fingerprint density at radius 2 is 2.12 bits per heavy atom. The fourth-order valence-corrected chi connectivity index (χ4v) is 4.40. The molecule has 1 heterocycles. The molecule has 1 aliphatic carbocycles. The fraction of sp³-hybridized carbons (Fsp3) is 0.250. The molecule has 3 rings (SSSR count). The van der Waals surface area contributed by atoms with Crippen LogP contribution < -0.4 is 0 Å². The molecule has 16 heavy (non-hydrogen) atoms. The van der Waals surface area contributed by atoms with Gasteiger partial charge in [-0.25, -0.2) is 4.98 Å². The summed E-state index contributed by atoms with van der Waals surface area (Å²) >= 11 is 6.82. The number of thiazole rings is 1. The van der Waals surface area contributed by atoms with Crippen molar-refractivity contribution in [1.29, 1.82) is 0 Å². The summed E-state index contributed by atoms with van der Waals surface area (Å²) in [6.07, 6.45) is 3.81. The lowest BCUT2D eigenvalue weighted by atomic mass is 10.1. The Morgan fingerprint density at radius 1 is 1.25 bits per heavy atom. The zero-order valence-corrected chi connectivity index (χ0v) is 11.8. The third kappa shape index (κ3) is 2.19. The van der Waals surface area contributed by atoms with Gasteiger partial charge in [0.2, 0.25) is 0 Å². The maximum Gasteiger partial charge on any atom is 0.155 e. The molecule has 4 heteroatoms. The molecule has 1 nitrogen and oxygen atoms in total. The highest BCUT2D eigenvalue weighted by atomic mass is 79.9. The first-order chi connectivity index (χ1) is 7.81. The number of aromatic nitrogens is 1. The predicted octanol–water partition coefficient (Wildman–Crippen LogP) is 4.55. The van der Waals surface area contributed by atoms with Gasteiger partial charge < -0.3 is 0 Å². The minimum Gasteiger partial charge on any atom is -0.222 e. The quantitative estimate of drug-likeness (QED) is 0.807. The number of fused-ring (bicyclic) bond motifs is 1. The molecule has 0 atom stereocenters. The highest BCUT2D eigenvalue weighted by Crippen LogP contribution is 2.34. The first-order valence-corrected chi connectivity index (χ1v) is 7.71. The average molecular weight is 312 g/mol. The van der Waals surface area contributed by atoms with Crippen molar-refractivity contribution < 1.29 is 0 Å². The van der Waals surface area contributed by atoms with Crippen LogP contribution in [0.3, 0.4) is 0 Å². The van der Waals surface area contributed by atoms with Crippen LogP contribution in [0, 0.1) is 0 Å². The SMILES string of the molecule is Brc1csc(Sc2ccc3c(c2)CCC3)n1. The number of halogens is 1. The zero-order chi connectivity index (χ0) is 11.0. The van der Waals surface area contributed by atoms with E-state index in [9.17, 15) is 0 Å². The summed E-state index contributed by atoms with van der Waals surface area (Å²) in [5, 5.41) is 2.02. The molecule has 0 unspecified atom stereocenters. The van der Waals surface area contributed by atoms with Crippen LogP contribution in [0.25, 0.3) is 0 Å². The van der Waals surface area contributed by atoms with Gasteiger partial charge in [0.05, 0.1) is 0 Å². The Bertz CT molecular complexity index is 521. The van der Waals surface area contributed by atoms with E-state index in [1.54, 1.807) is 23.1 Å². The Morgan fingerprint density at radius 3 is 2.94 bits per heavy atom. The standard InChI is InChI=1S/C12H10BrNS2/c13-11-7-15-12(14-11)16-10-5-4-8-2-1-3-9(8)6-10/h4-7H,1-3H2. The van der Waals surface area contributed by atoms with Crippen LogP contribution >= 0.6 is 39.0 Å². The van der Waals surface area contributed by atoms with Gasteiger partial charge >= 0.3 is 0 Å². The second-order valence-corrected chi connectivity index (χ2v) is 6.81. The molecule has 0 saturated carbocycles. The summed E-state index contributed by atoms with van der Waals surface area (Å²) < 4.78 is 2.03. The van der Waals surface area contributed by atoms with E-state index in [1.807, 2.05) is 5.38 Å². The van der Waals surface area contributed by atoms with Crippen molar-refractivity contribution >= 4 is 39.0 Å². The van der Waals surface area contributed by atoms with Gasteiger partial charge in [-0.15, -0.1) is 11.3 Å². The van der Waals surface area contributed by atoms with Crippen LogP contribution in [0.2, 0.25) is 0 Å². The maximum atomic E-state index is 4.40. The lowest BCUT2D eigenvalue weighted by Crippen LogP contribution is -1.82. The van der Waals surface area contributed by atoms with Crippen LogP contribution in [0.5, 0.6) is 0 Å². The number of hydrogen-bond acceptors (Lipinski definition) is 3. The van der Waals surface area contributed by atoms with Crippen LogP contribution in [-0.2, 0) is 12.8 Å². The van der Waals surface area contributed by atoms with Crippen molar-refractivity contribution in [3.63, 3.8) is 0 Å². The molecule has 0 radical (unpaired) electrons. The van der Waals surface area contributed by atoms with E-state index in [4.69, 9.17) is 0 Å². The molecule has 1 aromatic carbocycles. The molecule has 0 spiro atoms. The van der Waals surface area contributed by atoms with Gasteiger partial charge in [0.15, 0.2) is 4.34 Å². The highest BCUT2D eigenvalue weighted by Gasteiger charge is 2.11. The van der Waals surface area contributed by atoms with Crippen molar-refractivity contribution in [2.75, 3.05) is 0 Å². The lowest BCUT2D eigenvalue weighted by Gasteiger charge is -2.02. The lowest BCUT2D eigenvalue weighted by molar-refractivity contribution is 0.911. The second-order valence-electron chi connectivity index (χ2n) is 3.82. The molecule has 0 bridgehead atoms. The van der Waals surface area contributed by atoms with Crippen LogP contribution in [-0.4, -0.2) is 4.98 Å². The molecule has 0 aliphatic heterocycles. The predicted molar refractivity (Wildman–Crippen MR) is 72.4 cm³/mol. The third-order valence-electron chi connectivity index (χ3n) is 2.73.